The molecule has 2 heterocycles. The number of esters is 1. The summed E-state index contributed by atoms with van der Waals surface area (Å²) in [5, 5.41) is 28.3. The normalized spacial score (nSPS) is 22.3. The second-order valence-corrected chi connectivity index (χ2v) is 12.0. The fourth-order valence-corrected chi connectivity index (χ4v) is 5.60. The monoisotopic (exact) mass is 683 g/mol. The molecule has 6 atom stereocenters. The maximum Gasteiger partial charge on any atom is 0.440 e. The van der Waals surface area contributed by atoms with Gasteiger partial charge in [-0.3, -0.25) is 9.36 Å². The Balaban J connectivity index is 1.33. The second-order valence-electron chi connectivity index (χ2n) is 10.5. The smallest absolute Gasteiger partial charge is 0.440 e. The van der Waals surface area contributed by atoms with Gasteiger partial charge in [0.15, 0.2) is 12.0 Å². The van der Waals surface area contributed by atoms with Crippen LogP contribution in [0.15, 0.2) is 88.9 Å². The lowest BCUT2D eigenvalue weighted by Crippen LogP contribution is -2.46. The van der Waals surface area contributed by atoms with Crippen molar-refractivity contribution in [2.45, 2.75) is 43.7 Å². The number of aliphatic hydroxyl groups excluding tert-OH is 2. The van der Waals surface area contributed by atoms with Crippen molar-refractivity contribution in [3.05, 3.63) is 105 Å². The first kappa shape index (κ1) is 34.3. The molecule has 252 valence electrons. The van der Waals surface area contributed by atoms with Crippen molar-refractivity contribution in [3.63, 3.8) is 0 Å². The highest BCUT2D eigenvalue weighted by Gasteiger charge is 2.56. The molecule has 48 heavy (non-hydrogen) atoms. The first-order chi connectivity index (χ1) is 22.9. The van der Waals surface area contributed by atoms with Crippen molar-refractivity contribution in [2.24, 2.45) is 5.11 Å². The summed E-state index contributed by atoms with van der Waals surface area (Å²) in [6.45, 7) is 0.484. The number of aromatic nitrogens is 2. The van der Waals surface area contributed by atoms with Crippen LogP contribution in [-0.4, -0.2) is 61.2 Å². The van der Waals surface area contributed by atoms with Gasteiger partial charge in [-0.05, 0) is 35.5 Å². The number of azide groups is 1. The van der Waals surface area contributed by atoms with Crippen LogP contribution in [0, 0.1) is 0 Å². The molecule has 1 unspecified atom stereocenters. The largest absolute Gasteiger partial charge is 0.486 e. The first-order valence-electron chi connectivity index (χ1n) is 14.2. The highest BCUT2D eigenvalue weighted by molar-refractivity contribution is 7.50. The van der Waals surface area contributed by atoms with Gasteiger partial charge in [-0.15, -0.1) is 0 Å². The van der Waals surface area contributed by atoms with E-state index in [2.05, 4.69) is 20.1 Å². The molecular formula is C29H30N7O11P. The van der Waals surface area contributed by atoms with Gasteiger partial charge in [-0.1, -0.05) is 70.5 Å². The molecule has 0 bridgehead atoms. The van der Waals surface area contributed by atoms with E-state index in [1.54, 1.807) is 60.7 Å². The van der Waals surface area contributed by atoms with Gasteiger partial charge in [-0.2, -0.15) is 4.98 Å². The fraction of sp³-hybridized carbons (Fsp3) is 0.276. The van der Waals surface area contributed by atoms with E-state index in [-0.39, 0.29) is 23.9 Å². The summed E-state index contributed by atoms with van der Waals surface area (Å²) in [6, 6.07) is 18.5. The van der Waals surface area contributed by atoms with E-state index >= 15 is 0 Å². The first-order valence-corrected chi connectivity index (χ1v) is 15.8. The Morgan fingerprint density at radius 1 is 1.19 bits per heavy atom. The van der Waals surface area contributed by atoms with E-state index in [4.69, 9.17) is 29.5 Å². The zero-order valence-electron chi connectivity index (χ0n) is 25.1. The van der Waals surface area contributed by atoms with Crippen LogP contribution >= 0.6 is 7.75 Å². The van der Waals surface area contributed by atoms with E-state index in [9.17, 15) is 34.8 Å². The Labute approximate surface area is 271 Å². The molecule has 1 fully saturated rings. The molecule has 0 aliphatic carbocycles. The van der Waals surface area contributed by atoms with Crippen LogP contribution in [0.1, 0.15) is 18.7 Å². The maximum atomic E-state index is 12.9. The van der Waals surface area contributed by atoms with Gasteiger partial charge < -0.3 is 39.9 Å². The number of rotatable bonds is 13. The third-order valence-electron chi connectivity index (χ3n) is 7.18. The quantitative estimate of drug-likeness (QED) is 0.0258. The number of carbonyl (C=O) groups excluding carboxylic acids is 1. The summed E-state index contributed by atoms with van der Waals surface area (Å²) in [7, 11) is -4.83. The number of nitrogens with two attached hydrogens (primary N) is 1. The SMILES string of the molecule is C[C@H](NP(=O)(O)OOc1c(OC[C@@]2(N=[N+]=[N-])O[C@@H](n3ccc(N)nc3=O)[C@H](O)[C@@H]2O)ccc2ccccc12)C(=O)OCc1ccccc1. The molecule has 0 amide bonds. The van der Waals surface area contributed by atoms with Crippen molar-refractivity contribution in [2.75, 3.05) is 12.3 Å². The van der Waals surface area contributed by atoms with Crippen molar-refractivity contribution < 1.29 is 48.2 Å². The Kier molecular flexibility index (Phi) is 10.3. The van der Waals surface area contributed by atoms with E-state index in [0.717, 1.165) is 4.57 Å². The molecule has 1 aliphatic heterocycles. The average Bonchev–Trinajstić information content (AvgIpc) is 3.31. The molecule has 0 saturated carbocycles. The lowest BCUT2D eigenvalue weighted by molar-refractivity contribution is -0.147. The van der Waals surface area contributed by atoms with Crippen LogP contribution < -0.4 is 26.1 Å². The van der Waals surface area contributed by atoms with Gasteiger partial charge in [0, 0.05) is 16.5 Å². The van der Waals surface area contributed by atoms with Gasteiger partial charge in [0.2, 0.25) is 11.5 Å². The summed E-state index contributed by atoms with van der Waals surface area (Å²) in [5.74, 6) is -1.29. The van der Waals surface area contributed by atoms with Gasteiger partial charge in [0.1, 0.15) is 37.3 Å². The molecule has 0 spiro atoms. The summed E-state index contributed by atoms with van der Waals surface area (Å²) >= 11 is 0. The molecule has 1 aromatic heterocycles. The fourth-order valence-electron chi connectivity index (χ4n) is 4.78. The molecule has 6 N–H and O–H groups in total. The molecule has 0 radical (unpaired) electrons. The predicted molar refractivity (Wildman–Crippen MR) is 167 cm³/mol. The van der Waals surface area contributed by atoms with Gasteiger partial charge in [0.25, 0.3) is 0 Å². The molecule has 3 aromatic carbocycles. The standard InChI is InChI=1S/C29H30N7O11P/c1-17(27(39)43-15-18-7-3-2-4-8-18)33-48(41,42)47-46-24-20-10-6-5-9-19(20)11-12-21(24)44-16-29(34-35-31)25(38)23(37)26(45-29)36-14-13-22(30)32-28(36)40/h2-14,17,23,25-26,37-38H,15-16H2,1H3,(H2,30,32,40)(H2,33,41,42)/t17-,23+,25-,26+,29+/m0/s1. The Hall–Kier alpha value is -5.03. The van der Waals surface area contributed by atoms with Crippen LogP contribution in [0.5, 0.6) is 11.5 Å². The number of anilines is 1. The summed E-state index contributed by atoms with van der Waals surface area (Å²) in [5.41, 5.74) is 12.4. The highest BCUT2D eigenvalue weighted by Crippen LogP contribution is 2.44. The zero-order chi connectivity index (χ0) is 34.5. The second kappa shape index (κ2) is 14.4. The number of nitrogens with one attached hydrogen (secondary N) is 1. The van der Waals surface area contributed by atoms with E-state index < -0.39 is 56.2 Å². The summed E-state index contributed by atoms with van der Waals surface area (Å²) < 4.78 is 35.4. The lowest BCUT2D eigenvalue weighted by atomic mass is 10.1. The van der Waals surface area contributed by atoms with E-state index in [1.165, 1.54) is 25.3 Å². The highest BCUT2D eigenvalue weighted by atomic mass is 31.2. The van der Waals surface area contributed by atoms with Crippen molar-refractivity contribution in [3.8, 4) is 11.5 Å². The maximum absolute atomic E-state index is 12.9. The summed E-state index contributed by atoms with van der Waals surface area (Å²) in [6.07, 6.45) is -4.08. The average molecular weight is 684 g/mol. The Morgan fingerprint density at radius 2 is 1.92 bits per heavy atom. The topological polar surface area (TPSA) is 263 Å². The molecule has 1 saturated heterocycles. The molecule has 4 aromatic rings. The van der Waals surface area contributed by atoms with Crippen LogP contribution in [0.3, 0.4) is 0 Å². The number of carbonyl (C=O) groups is 1. The van der Waals surface area contributed by atoms with Crippen LogP contribution in [0.25, 0.3) is 21.2 Å². The predicted octanol–water partition coefficient (Wildman–Crippen LogP) is 2.45. The number of aliphatic hydroxyl groups is 2. The van der Waals surface area contributed by atoms with Crippen molar-refractivity contribution in [1.29, 1.82) is 0 Å². The van der Waals surface area contributed by atoms with Gasteiger partial charge >= 0.3 is 19.4 Å². The number of nitrogens with zero attached hydrogens (tertiary/aromatic N) is 5. The van der Waals surface area contributed by atoms with E-state index in [1.807, 2.05) is 0 Å². The van der Waals surface area contributed by atoms with E-state index in [0.29, 0.717) is 16.3 Å². The summed E-state index contributed by atoms with van der Waals surface area (Å²) in [4.78, 5) is 46.9. The number of benzene rings is 3. The number of nitrogen functional groups attached to an aromatic ring is 1. The molecule has 18 nitrogen and oxygen atoms in total. The van der Waals surface area contributed by atoms with Crippen molar-refractivity contribution >= 4 is 30.3 Å². The number of ether oxygens (including phenoxy) is 3. The lowest BCUT2D eigenvalue weighted by Gasteiger charge is -2.27. The van der Waals surface area contributed by atoms with Crippen LogP contribution in [0.4, 0.5) is 5.82 Å². The minimum absolute atomic E-state index is 0.0589. The van der Waals surface area contributed by atoms with Gasteiger partial charge in [0.05, 0.1) is 0 Å². The van der Waals surface area contributed by atoms with Crippen molar-refractivity contribution in [1.82, 2.24) is 14.6 Å². The zero-order valence-corrected chi connectivity index (χ0v) is 26.0. The minimum Gasteiger partial charge on any atom is -0.486 e. The molecule has 5 rings (SSSR count). The molecule has 1 aliphatic rings. The Morgan fingerprint density at radius 3 is 2.65 bits per heavy atom. The van der Waals surface area contributed by atoms with Gasteiger partial charge in [-0.25, -0.2) is 14.4 Å². The molecular weight excluding hydrogens is 653 g/mol. The third kappa shape index (κ3) is 7.57. The van der Waals surface area contributed by atoms with Crippen LogP contribution in [0.2, 0.25) is 0 Å². The number of fused-ring (bicyclic) bond motifs is 1. The Bertz CT molecular complexity index is 1940. The minimum atomic E-state index is -4.83. The molecule has 19 heteroatoms. The number of hydrogen-bond donors (Lipinski definition) is 5. The number of hydrogen-bond acceptors (Lipinski definition) is 13. The third-order valence-corrected chi connectivity index (χ3v) is 8.17. The van der Waals surface area contributed by atoms with Crippen LogP contribution in [-0.2, 0) is 30.1 Å².